The van der Waals surface area contributed by atoms with E-state index in [1.165, 1.54) is 11.3 Å². The van der Waals surface area contributed by atoms with Crippen LogP contribution in [0.1, 0.15) is 17.5 Å². The molecule has 2 aromatic rings. The van der Waals surface area contributed by atoms with Gasteiger partial charge < -0.3 is 4.90 Å². The van der Waals surface area contributed by atoms with Gasteiger partial charge in [-0.25, -0.2) is 13.1 Å². The summed E-state index contributed by atoms with van der Waals surface area (Å²) in [6, 6.07) is 15.6. The van der Waals surface area contributed by atoms with Crippen LogP contribution in [-0.4, -0.2) is 28.1 Å². The minimum atomic E-state index is -3.44. The molecule has 128 valence electrons. The van der Waals surface area contributed by atoms with Gasteiger partial charge in [-0.3, -0.25) is 0 Å². The van der Waals surface area contributed by atoms with E-state index in [-0.39, 0.29) is 0 Å². The fourth-order valence-electron chi connectivity index (χ4n) is 3.22. The molecule has 0 saturated carbocycles. The highest BCUT2D eigenvalue weighted by Gasteiger charge is 2.25. The number of hydrogen-bond donors (Lipinski definition) is 1. The fourth-order valence-corrected chi connectivity index (χ4v) is 4.58. The van der Waals surface area contributed by atoms with Gasteiger partial charge in [0.15, 0.2) is 0 Å². The lowest BCUT2D eigenvalue weighted by Crippen LogP contribution is -2.31. The standard InChI is InChI=1S/C19H24N2O2S/c1-15-6-5-8-18(12-15)21-11-10-17(14-21)13-20-24(22,23)19-9-4-3-7-16(19)2/h3-9,12,17,20H,10-11,13-14H2,1-2H3. The normalized spacial score (nSPS) is 18.1. The van der Waals surface area contributed by atoms with Gasteiger partial charge in [-0.2, -0.15) is 0 Å². The second-order valence-corrected chi connectivity index (χ2v) is 8.29. The molecule has 1 N–H and O–H groups in total. The van der Waals surface area contributed by atoms with E-state index in [1.807, 2.05) is 19.1 Å². The molecular weight excluding hydrogens is 320 g/mol. The zero-order chi connectivity index (χ0) is 17.2. The van der Waals surface area contributed by atoms with Crippen LogP contribution in [0.3, 0.4) is 0 Å². The van der Waals surface area contributed by atoms with Crippen LogP contribution in [-0.2, 0) is 10.0 Å². The van der Waals surface area contributed by atoms with Crippen molar-refractivity contribution in [2.45, 2.75) is 25.2 Å². The van der Waals surface area contributed by atoms with Gasteiger partial charge in [0, 0.05) is 25.3 Å². The average molecular weight is 344 g/mol. The Kier molecular flexibility index (Phi) is 4.92. The number of benzene rings is 2. The lowest BCUT2D eigenvalue weighted by molar-refractivity contribution is 0.541. The van der Waals surface area contributed by atoms with E-state index in [9.17, 15) is 8.42 Å². The van der Waals surface area contributed by atoms with Crippen LogP contribution >= 0.6 is 0 Å². The second kappa shape index (κ2) is 6.95. The highest BCUT2D eigenvalue weighted by atomic mass is 32.2. The Morgan fingerprint density at radius 3 is 2.67 bits per heavy atom. The van der Waals surface area contributed by atoms with Crippen molar-refractivity contribution in [1.82, 2.24) is 4.72 Å². The van der Waals surface area contributed by atoms with Crippen LogP contribution in [0.2, 0.25) is 0 Å². The topological polar surface area (TPSA) is 49.4 Å². The molecule has 0 aliphatic carbocycles. The van der Waals surface area contributed by atoms with Gasteiger partial charge in [0.25, 0.3) is 0 Å². The smallest absolute Gasteiger partial charge is 0.240 e. The average Bonchev–Trinajstić information content (AvgIpc) is 3.02. The van der Waals surface area contributed by atoms with Crippen molar-refractivity contribution in [2.24, 2.45) is 5.92 Å². The summed E-state index contributed by atoms with van der Waals surface area (Å²) < 4.78 is 27.7. The largest absolute Gasteiger partial charge is 0.371 e. The van der Waals surface area contributed by atoms with Crippen molar-refractivity contribution in [3.05, 3.63) is 59.7 Å². The van der Waals surface area contributed by atoms with Crippen molar-refractivity contribution in [2.75, 3.05) is 24.5 Å². The van der Waals surface area contributed by atoms with Gasteiger partial charge in [0.05, 0.1) is 4.90 Å². The van der Waals surface area contributed by atoms with Gasteiger partial charge in [-0.05, 0) is 55.5 Å². The molecular formula is C19H24N2O2S. The molecule has 1 fully saturated rings. The summed E-state index contributed by atoms with van der Waals surface area (Å²) in [6.07, 6.45) is 1.00. The van der Waals surface area contributed by atoms with E-state index in [1.54, 1.807) is 12.1 Å². The van der Waals surface area contributed by atoms with Crippen molar-refractivity contribution in [3.8, 4) is 0 Å². The second-order valence-electron chi connectivity index (χ2n) is 6.56. The molecule has 1 atom stereocenters. The summed E-state index contributed by atoms with van der Waals surface area (Å²) in [4.78, 5) is 2.71. The van der Waals surface area contributed by atoms with E-state index < -0.39 is 10.0 Å². The fraction of sp³-hybridized carbons (Fsp3) is 0.368. The molecule has 3 rings (SSSR count). The Morgan fingerprint density at radius 1 is 1.12 bits per heavy atom. The maximum Gasteiger partial charge on any atom is 0.240 e. The quantitative estimate of drug-likeness (QED) is 0.907. The first-order valence-corrected chi connectivity index (χ1v) is 9.81. The van der Waals surface area contributed by atoms with Gasteiger partial charge in [0.1, 0.15) is 0 Å². The lowest BCUT2D eigenvalue weighted by Gasteiger charge is -2.19. The molecule has 5 heteroatoms. The molecule has 1 saturated heterocycles. The molecule has 1 aliphatic rings. The maximum atomic E-state index is 12.5. The number of nitrogens with zero attached hydrogens (tertiary/aromatic N) is 1. The Morgan fingerprint density at radius 2 is 1.92 bits per heavy atom. The third kappa shape index (κ3) is 3.79. The Labute approximate surface area is 144 Å². The molecule has 1 heterocycles. The first-order valence-electron chi connectivity index (χ1n) is 8.32. The van der Waals surface area contributed by atoms with Gasteiger partial charge in [0.2, 0.25) is 10.0 Å². The Hall–Kier alpha value is -1.85. The van der Waals surface area contributed by atoms with E-state index in [0.717, 1.165) is 25.1 Å². The van der Waals surface area contributed by atoms with Crippen molar-refractivity contribution < 1.29 is 8.42 Å². The zero-order valence-corrected chi connectivity index (χ0v) is 15.0. The summed E-state index contributed by atoms with van der Waals surface area (Å²) in [5, 5.41) is 0. The molecule has 1 aliphatic heterocycles. The van der Waals surface area contributed by atoms with Crippen molar-refractivity contribution in [1.29, 1.82) is 0 Å². The first-order chi connectivity index (χ1) is 11.5. The number of nitrogens with one attached hydrogen (secondary N) is 1. The molecule has 0 amide bonds. The van der Waals surface area contributed by atoms with E-state index in [0.29, 0.717) is 17.4 Å². The summed E-state index contributed by atoms with van der Waals surface area (Å²) in [7, 11) is -3.44. The van der Waals surface area contributed by atoms with Crippen LogP contribution in [0.5, 0.6) is 0 Å². The number of hydrogen-bond acceptors (Lipinski definition) is 3. The van der Waals surface area contributed by atoms with E-state index >= 15 is 0 Å². The van der Waals surface area contributed by atoms with Gasteiger partial charge in [-0.15, -0.1) is 0 Å². The SMILES string of the molecule is Cc1cccc(N2CCC(CNS(=O)(=O)c3ccccc3C)C2)c1. The van der Waals surface area contributed by atoms with Crippen LogP contribution in [0.4, 0.5) is 5.69 Å². The maximum absolute atomic E-state index is 12.5. The first kappa shape index (κ1) is 17.0. The summed E-state index contributed by atoms with van der Waals surface area (Å²) in [6.45, 7) is 6.26. The molecule has 1 unspecified atom stereocenters. The van der Waals surface area contributed by atoms with Crippen molar-refractivity contribution >= 4 is 15.7 Å². The third-order valence-electron chi connectivity index (χ3n) is 4.60. The molecule has 0 radical (unpaired) electrons. The predicted octanol–water partition coefficient (Wildman–Crippen LogP) is 3.11. The lowest BCUT2D eigenvalue weighted by atomic mass is 10.1. The van der Waals surface area contributed by atoms with Crippen LogP contribution < -0.4 is 9.62 Å². The number of aryl methyl sites for hydroxylation is 2. The molecule has 2 aromatic carbocycles. The Balaban J connectivity index is 1.61. The van der Waals surface area contributed by atoms with E-state index in [4.69, 9.17) is 0 Å². The van der Waals surface area contributed by atoms with Crippen LogP contribution in [0.15, 0.2) is 53.4 Å². The Bertz CT molecular complexity index is 818. The van der Waals surface area contributed by atoms with Gasteiger partial charge >= 0.3 is 0 Å². The highest BCUT2D eigenvalue weighted by molar-refractivity contribution is 7.89. The third-order valence-corrected chi connectivity index (χ3v) is 6.18. The molecule has 24 heavy (non-hydrogen) atoms. The van der Waals surface area contributed by atoms with Gasteiger partial charge in [-0.1, -0.05) is 30.3 Å². The monoisotopic (exact) mass is 344 g/mol. The predicted molar refractivity (Wildman–Crippen MR) is 97.9 cm³/mol. The summed E-state index contributed by atoms with van der Waals surface area (Å²) in [5.74, 6) is 0.337. The number of sulfonamides is 1. The van der Waals surface area contributed by atoms with Crippen molar-refractivity contribution in [3.63, 3.8) is 0 Å². The van der Waals surface area contributed by atoms with Crippen LogP contribution in [0, 0.1) is 19.8 Å². The highest BCUT2D eigenvalue weighted by Crippen LogP contribution is 2.24. The minimum absolute atomic E-state index is 0.337. The number of rotatable bonds is 5. The van der Waals surface area contributed by atoms with E-state index in [2.05, 4.69) is 40.8 Å². The molecule has 4 nitrogen and oxygen atoms in total. The minimum Gasteiger partial charge on any atom is -0.371 e. The summed E-state index contributed by atoms with van der Waals surface area (Å²) >= 11 is 0. The molecule has 0 bridgehead atoms. The zero-order valence-electron chi connectivity index (χ0n) is 14.2. The number of anilines is 1. The molecule has 0 spiro atoms. The summed E-state index contributed by atoms with van der Waals surface area (Å²) in [5.41, 5.74) is 3.24. The van der Waals surface area contributed by atoms with Crippen LogP contribution in [0.25, 0.3) is 0 Å². The molecule has 0 aromatic heterocycles.